The predicted molar refractivity (Wildman–Crippen MR) is 46.9 cm³/mol. The summed E-state index contributed by atoms with van der Waals surface area (Å²) in [6, 6.07) is 3.94. The fourth-order valence-electron chi connectivity index (χ4n) is 1.72. The zero-order chi connectivity index (χ0) is 10.3. The van der Waals surface area contributed by atoms with Crippen molar-refractivity contribution in [3.63, 3.8) is 0 Å². The third-order valence-electron chi connectivity index (χ3n) is 2.36. The van der Waals surface area contributed by atoms with Crippen LogP contribution in [-0.2, 0) is 4.79 Å². The van der Waals surface area contributed by atoms with Crippen molar-refractivity contribution in [1.29, 1.82) is 0 Å². The largest absolute Gasteiger partial charge is 0.489 e. The molecule has 1 aliphatic heterocycles. The van der Waals surface area contributed by atoms with Crippen LogP contribution in [0.5, 0.6) is 5.75 Å². The van der Waals surface area contributed by atoms with E-state index in [0.29, 0.717) is 11.3 Å². The summed E-state index contributed by atoms with van der Waals surface area (Å²) in [5, 5.41) is 8.92. The summed E-state index contributed by atoms with van der Waals surface area (Å²) >= 11 is 0. The molecular weight excluding hydrogens is 187 g/mol. The second-order valence-electron chi connectivity index (χ2n) is 3.32. The lowest BCUT2D eigenvalue weighted by atomic mass is 9.96. The van der Waals surface area contributed by atoms with Crippen LogP contribution in [0.1, 0.15) is 18.4 Å². The molecule has 1 aliphatic rings. The maximum absolute atomic E-state index is 12.9. The van der Waals surface area contributed by atoms with Crippen LogP contribution in [-0.4, -0.2) is 17.2 Å². The maximum atomic E-state index is 12.9. The first kappa shape index (κ1) is 8.99. The number of halogens is 1. The van der Waals surface area contributed by atoms with Crippen LogP contribution in [0.25, 0.3) is 0 Å². The highest BCUT2D eigenvalue weighted by atomic mass is 19.1. The van der Waals surface area contributed by atoms with Crippen LogP contribution >= 0.6 is 0 Å². The lowest BCUT2D eigenvalue weighted by Gasteiger charge is -2.08. The standard InChI is InChI=1S/C10H9FO3/c1-5-9(10(12)13)7-4-6(11)2-3-8(7)14-5/h2-5,9H,1H3,(H,12,13). The SMILES string of the molecule is CC1Oc2ccc(F)cc2C1C(=O)O. The molecule has 1 aromatic rings. The molecule has 2 unspecified atom stereocenters. The fraction of sp³-hybridized carbons (Fsp3) is 0.300. The molecule has 1 aromatic carbocycles. The van der Waals surface area contributed by atoms with Gasteiger partial charge in [0.15, 0.2) is 0 Å². The predicted octanol–water partition coefficient (Wildman–Crippen LogP) is 1.77. The average molecular weight is 196 g/mol. The van der Waals surface area contributed by atoms with Crippen molar-refractivity contribution in [2.45, 2.75) is 18.9 Å². The highest BCUT2D eigenvalue weighted by Crippen LogP contribution is 2.38. The van der Waals surface area contributed by atoms with Crippen molar-refractivity contribution in [2.24, 2.45) is 0 Å². The lowest BCUT2D eigenvalue weighted by Crippen LogP contribution is -2.21. The van der Waals surface area contributed by atoms with Crippen molar-refractivity contribution < 1.29 is 19.0 Å². The Labute approximate surface area is 80.1 Å². The number of benzene rings is 1. The van der Waals surface area contributed by atoms with E-state index in [2.05, 4.69) is 0 Å². The zero-order valence-corrected chi connectivity index (χ0v) is 7.53. The van der Waals surface area contributed by atoms with Gasteiger partial charge in [-0.25, -0.2) is 4.39 Å². The topological polar surface area (TPSA) is 46.5 Å². The molecule has 0 saturated heterocycles. The second kappa shape index (κ2) is 2.97. The number of carboxylic acids is 1. The van der Waals surface area contributed by atoms with Gasteiger partial charge in [0, 0.05) is 5.56 Å². The first-order chi connectivity index (χ1) is 6.59. The lowest BCUT2D eigenvalue weighted by molar-refractivity contribution is -0.140. The van der Waals surface area contributed by atoms with Crippen LogP contribution in [0.3, 0.4) is 0 Å². The third kappa shape index (κ3) is 1.23. The molecule has 2 rings (SSSR count). The number of ether oxygens (including phenoxy) is 1. The minimum absolute atomic E-state index is 0.421. The molecule has 0 radical (unpaired) electrons. The molecule has 0 aromatic heterocycles. The quantitative estimate of drug-likeness (QED) is 0.744. The van der Waals surface area contributed by atoms with E-state index in [0.717, 1.165) is 0 Å². The average Bonchev–Trinajstić information content (AvgIpc) is 2.40. The summed E-state index contributed by atoms with van der Waals surface area (Å²) in [5.74, 6) is -1.72. The monoisotopic (exact) mass is 196 g/mol. The van der Waals surface area contributed by atoms with E-state index in [1.54, 1.807) is 6.92 Å². The number of hydrogen-bond donors (Lipinski definition) is 1. The first-order valence-electron chi connectivity index (χ1n) is 4.28. The van der Waals surface area contributed by atoms with Crippen molar-refractivity contribution in [3.8, 4) is 5.75 Å². The molecule has 0 saturated carbocycles. The van der Waals surface area contributed by atoms with Crippen LogP contribution in [0.15, 0.2) is 18.2 Å². The summed E-state index contributed by atoms with van der Waals surface area (Å²) in [4.78, 5) is 10.9. The maximum Gasteiger partial charge on any atom is 0.314 e. The van der Waals surface area contributed by atoms with Gasteiger partial charge in [0.2, 0.25) is 0 Å². The van der Waals surface area contributed by atoms with Gasteiger partial charge in [0.1, 0.15) is 23.6 Å². The Hall–Kier alpha value is -1.58. The Kier molecular flexibility index (Phi) is 1.91. The second-order valence-corrected chi connectivity index (χ2v) is 3.32. The van der Waals surface area contributed by atoms with E-state index in [4.69, 9.17) is 9.84 Å². The molecule has 0 aliphatic carbocycles. The van der Waals surface area contributed by atoms with Gasteiger partial charge in [0.05, 0.1) is 0 Å². The summed E-state index contributed by atoms with van der Waals surface area (Å²) in [6.07, 6.45) is -0.440. The minimum Gasteiger partial charge on any atom is -0.489 e. The van der Waals surface area contributed by atoms with E-state index in [-0.39, 0.29) is 0 Å². The van der Waals surface area contributed by atoms with Gasteiger partial charge in [-0.1, -0.05) is 0 Å². The Morgan fingerprint density at radius 1 is 1.57 bits per heavy atom. The highest BCUT2D eigenvalue weighted by Gasteiger charge is 2.36. The van der Waals surface area contributed by atoms with Gasteiger partial charge in [-0.15, -0.1) is 0 Å². The number of aliphatic carboxylic acids is 1. The molecule has 3 nitrogen and oxygen atoms in total. The number of rotatable bonds is 1. The molecular formula is C10H9FO3. The van der Waals surface area contributed by atoms with Gasteiger partial charge < -0.3 is 9.84 Å². The first-order valence-corrected chi connectivity index (χ1v) is 4.28. The van der Waals surface area contributed by atoms with Crippen molar-refractivity contribution in [2.75, 3.05) is 0 Å². The normalized spacial score (nSPS) is 24.1. The van der Waals surface area contributed by atoms with Gasteiger partial charge in [-0.05, 0) is 25.1 Å². The van der Waals surface area contributed by atoms with Gasteiger partial charge in [0.25, 0.3) is 0 Å². The molecule has 0 bridgehead atoms. The van der Waals surface area contributed by atoms with E-state index in [1.165, 1.54) is 18.2 Å². The zero-order valence-electron chi connectivity index (χ0n) is 7.53. The molecule has 0 spiro atoms. The van der Waals surface area contributed by atoms with Crippen LogP contribution in [0.2, 0.25) is 0 Å². The van der Waals surface area contributed by atoms with Crippen molar-refractivity contribution in [1.82, 2.24) is 0 Å². The van der Waals surface area contributed by atoms with E-state index in [1.807, 2.05) is 0 Å². The van der Waals surface area contributed by atoms with E-state index in [9.17, 15) is 9.18 Å². The van der Waals surface area contributed by atoms with Gasteiger partial charge in [-0.3, -0.25) is 4.79 Å². The van der Waals surface area contributed by atoms with Crippen LogP contribution in [0, 0.1) is 5.82 Å². The third-order valence-corrected chi connectivity index (χ3v) is 2.36. The van der Waals surface area contributed by atoms with Crippen molar-refractivity contribution in [3.05, 3.63) is 29.6 Å². The molecule has 0 fully saturated rings. The number of hydrogen-bond acceptors (Lipinski definition) is 2. The molecule has 2 atom stereocenters. The smallest absolute Gasteiger partial charge is 0.314 e. The molecule has 74 valence electrons. The summed E-state index contributed by atoms with van der Waals surface area (Å²) in [7, 11) is 0. The summed E-state index contributed by atoms with van der Waals surface area (Å²) in [5.41, 5.74) is 0.421. The van der Waals surface area contributed by atoms with Crippen LogP contribution in [0.4, 0.5) is 4.39 Å². The molecule has 14 heavy (non-hydrogen) atoms. The van der Waals surface area contributed by atoms with E-state index >= 15 is 0 Å². The minimum atomic E-state index is -0.984. The molecule has 1 heterocycles. The summed E-state index contributed by atoms with van der Waals surface area (Å²) < 4.78 is 18.2. The molecule has 0 amide bonds. The Morgan fingerprint density at radius 3 is 2.93 bits per heavy atom. The molecule has 4 heteroatoms. The fourth-order valence-corrected chi connectivity index (χ4v) is 1.72. The number of carboxylic acid groups (broad SMARTS) is 1. The highest BCUT2D eigenvalue weighted by molar-refractivity contribution is 5.79. The van der Waals surface area contributed by atoms with Gasteiger partial charge >= 0.3 is 5.97 Å². The molecule has 1 N–H and O–H groups in total. The number of carbonyl (C=O) groups is 1. The van der Waals surface area contributed by atoms with Gasteiger partial charge in [-0.2, -0.15) is 0 Å². The van der Waals surface area contributed by atoms with Crippen LogP contribution < -0.4 is 4.74 Å². The van der Waals surface area contributed by atoms with Crippen molar-refractivity contribution >= 4 is 5.97 Å². The Balaban J connectivity index is 2.49. The summed E-state index contributed by atoms with van der Waals surface area (Å²) in [6.45, 7) is 1.66. The van der Waals surface area contributed by atoms with E-state index < -0.39 is 23.8 Å². The number of fused-ring (bicyclic) bond motifs is 1. The Bertz CT molecular complexity index is 389. The Morgan fingerprint density at radius 2 is 2.29 bits per heavy atom.